The first kappa shape index (κ1) is 21.0. The lowest BCUT2D eigenvalue weighted by atomic mass is 10.1. The Bertz CT molecular complexity index is 1180. The average molecular weight is 435 g/mol. The van der Waals surface area contributed by atoms with Crippen LogP contribution >= 0.6 is 12.4 Å². The number of nitrogens with zero attached hydrogens (tertiary/aromatic N) is 5. The van der Waals surface area contributed by atoms with Gasteiger partial charge in [0, 0.05) is 61.5 Å². The number of H-pyrrole nitrogens is 1. The van der Waals surface area contributed by atoms with Crippen molar-refractivity contribution in [2.75, 3.05) is 33.2 Å². The number of amides is 1. The number of imidazole rings is 1. The Morgan fingerprint density at radius 2 is 1.61 bits per heavy atom. The van der Waals surface area contributed by atoms with Gasteiger partial charge in [0.25, 0.3) is 5.91 Å². The topological polar surface area (TPSA) is 78.0 Å². The van der Waals surface area contributed by atoms with Crippen molar-refractivity contribution in [2.45, 2.75) is 0 Å². The van der Waals surface area contributed by atoms with E-state index in [2.05, 4.69) is 31.9 Å². The van der Waals surface area contributed by atoms with E-state index in [1.54, 1.807) is 18.6 Å². The highest BCUT2D eigenvalue weighted by atomic mass is 35.5. The Labute approximate surface area is 186 Å². The SMILES string of the molecule is CN1CCN(C(=O)c2ccc(-c3nc4nccc(-c5ccncc5)c4[nH]3)cc2)CC1.Cl. The zero-order valence-corrected chi connectivity index (χ0v) is 18.0. The predicted octanol–water partition coefficient (Wildman–Crippen LogP) is 3.50. The summed E-state index contributed by atoms with van der Waals surface area (Å²) in [5, 5.41) is 0. The standard InChI is InChI=1S/C23H22N6O.ClH/c1-28-12-14-29(15-13-28)23(30)18-4-2-17(3-5-18)21-26-20-19(8-11-25-22(20)27-21)16-6-9-24-10-7-16;/h2-11H,12-15H2,1H3,(H,25,26,27);1H. The number of carbonyl (C=O) groups is 1. The lowest BCUT2D eigenvalue weighted by Crippen LogP contribution is -2.47. The van der Waals surface area contributed by atoms with E-state index in [0.29, 0.717) is 11.2 Å². The van der Waals surface area contributed by atoms with E-state index in [1.807, 2.05) is 47.4 Å². The second-order valence-electron chi connectivity index (χ2n) is 7.55. The van der Waals surface area contributed by atoms with E-state index >= 15 is 0 Å². The van der Waals surface area contributed by atoms with Gasteiger partial charge in [-0.2, -0.15) is 0 Å². The van der Waals surface area contributed by atoms with Crippen molar-refractivity contribution in [3.05, 3.63) is 66.6 Å². The minimum absolute atomic E-state index is 0. The Morgan fingerprint density at radius 1 is 0.903 bits per heavy atom. The Balaban J connectivity index is 0.00000231. The fourth-order valence-corrected chi connectivity index (χ4v) is 3.78. The number of rotatable bonds is 3. The highest BCUT2D eigenvalue weighted by Gasteiger charge is 2.20. The van der Waals surface area contributed by atoms with Gasteiger partial charge < -0.3 is 14.8 Å². The summed E-state index contributed by atoms with van der Waals surface area (Å²) in [6.07, 6.45) is 5.31. The van der Waals surface area contributed by atoms with Gasteiger partial charge in [0.2, 0.25) is 0 Å². The molecule has 8 heteroatoms. The first-order valence-corrected chi connectivity index (χ1v) is 10.0. The van der Waals surface area contributed by atoms with Crippen LogP contribution in [-0.2, 0) is 0 Å². The molecular weight excluding hydrogens is 412 g/mol. The molecule has 158 valence electrons. The lowest BCUT2D eigenvalue weighted by molar-refractivity contribution is 0.0664. The van der Waals surface area contributed by atoms with Crippen LogP contribution < -0.4 is 0 Å². The van der Waals surface area contributed by atoms with Crippen molar-refractivity contribution in [3.63, 3.8) is 0 Å². The van der Waals surface area contributed by atoms with Gasteiger partial charge in [0.1, 0.15) is 5.82 Å². The Morgan fingerprint density at radius 3 is 2.32 bits per heavy atom. The highest BCUT2D eigenvalue weighted by molar-refractivity contribution is 5.95. The van der Waals surface area contributed by atoms with Crippen molar-refractivity contribution < 1.29 is 4.79 Å². The summed E-state index contributed by atoms with van der Waals surface area (Å²) in [5.41, 5.74) is 5.26. The predicted molar refractivity (Wildman–Crippen MR) is 123 cm³/mol. The summed E-state index contributed by atoms with van der Waals surface area (Å²) in [6.45, 7) is 3.36. The van der Waals surface area contributed by atoms with Gasteiger partial charge in [-0.15, -0.1) is 12.4 Å². The van der Waals surface area contributed by atoms with Crippen LogP contribution in [0.25, 0.3) is 33.7 Å². The third kappa shape index (κ3) is 4.15. The number of hydrogen-bond donors (Lipinski definition) is 1. The zero-order chi connectivity index (χ0) is 20.5. The van der Waals surface area contributed by atoms with Gasteiger partial charge in [0.05, 0.1) is 5.52 Å². The molecular formula is C23H23ClN6O. The van der Waals surface area contributed by atoms with E-state index in [0.717, 1.165) is 54.2 Å². The maximum Gasteiger partial charge on any atom is 0.253 e. The van der Waals surface area contributed by atoms with E-state index in [1.165, 1.54) is 0 Å². The van der Waals surface area contributed by atoms with Gasteiger partial charge >= 0.3 is 0 Å². The van der Waals surface area contributed by atoms with Crippen LogP contribution in [-0.4, -0.2) is 68.9 Å². The molecule has 4 aromatic rings. The number of carbonyl (C=O) groups excluding carboxylic acids is 1. The molecule has 1 aliphatic heterocycles. The van der Waals surface area contributed by atoms with Gasteiger partial charge in [-0.1, -0.05) is 12.1 Å². The number of pyridine rings is 2. The van der Waals surface area contributed by atoms with Crippen molar-refractivity contribution in [1.29, 1.82) is 0 Å². The lowest BCUT2D eigenvalue weighted by Gasteiger charge is -2.32. The number of halogens is 1. The van der Waals surface area contributed by atoms with Crippen LogP contribution in [0.2, 0.25) is 0 Å². The number of hydrogen-bond acceptors (Lipinski definition) is 5. The van der Waals surface area contributed by atoms with Crippen molar-refractivity contribution >= 4 is 29.5 Å². The van der Waals surface area contributed by atoms with Crippen molar-refractivity contribution in [2.24, 2.45) is 0 Å². The third-order valence-corrected chi connectivity index (χ3v) is 5.58. The molecule has 4 heterocycles. The molecule has 0 spiro atoms. The molecule has 0 saturated carbocycles. The highest BCUT2D eigenvalue weighted by Crippen LogP contribution is 2.28. The first-order valence-electron chi connectivity index (χ1n) is 10.0. The second-order valence-corrected chi connectivity index (χ2v) is 7.55. The molecule has 31 heavy (non-hydrogen) atoms. The largest absolute Gasteiger partial charge is 0.336 e. The average Bonchev–Trinajstić information content (AvgIpc) is 3.24. The van der Waals surface area contributed by atoms with Crippen LogP contribution in [0, 0.1) is 0 Å². The normalized spacial score (nSPS) is 14.4. The monoisotopic (exact) mass is 434 g/mol. The summed E-state index contributed by atoms with van der Waals surface area (Å²) in [5.74, 6) is 0.818. The van der Waals surface area contributed by atoms with E-state index < -0.39 is 0 Å². The third-order valence-electron chi connectivity index (χ3n) is 5.58. The molecule has 0 radical (unpaired) electrons. The van der Waals surface area contributed by atoms with Crippen LogP contribution in [0.15, 0.2) is 61.1 Å². The smallest absolute Gasteiger partial charge is 0.253 e. The molecule has 7 nitrogen and oxygen atoms in total. The van der Waals surface area contributed by atoms with Crippen LogP contribution in [0.3, 0.4) is 0 Å². The minimum Gasteiger partial charge on any atom is -0.336 e. The molecule has 0 unspecified atom stereocenters. The van der Waals surface area contributed by atoms with Gasteiger partial charge in [0.15, 0.2) is 5.65 Å². The summed E-state index contributed by atoms with van der Waals surface area (Å²) < 4.78 is 0. The maximum atomic E-state index is 12.8. The summed E-state index contributed by atoms with van der Waals surface area (Å²) in [7, 11) is 2.08. The Hall–Kier alpha value is -3.29. The van der Waals surface area contributed by atoms with Gasteiger partial charge in [-0.3, -0.25) is 9.78 Å². The molecule has 0 atom stereocenters. The first-order chi connectivity index (χ1) is 14.7. The van der Waals surface area contributed by atoms with Crippen LogP contribution in [0.1, 0.15) is 10.4 Å². The summed E-state index contributed by atoms with van der Waals surface area (Å²) in [4.78, 5) is 33.5. The molecule has 5 rings (SSSR count). The quantitative estimate of drug-likeness (QED) is 0.534. The number of aromatic nitrogens is 4. The van der Waals surface area contributed by atoms with Crippen molar-refractivity contribution in [1.82, 2.24) is 29.7 Å². The molecule has 1 aromatic carbocycles. The molecule has 1 saturated heterocycles. The number of likely N-dealkylation sites (N-methyl/N-ethyl adjacent to an activating group) is 1. The van der Waals surface area contributed by atoms with Crippen LogP contribution in [0.5, 0.6) is 0 Å². The fourth-order valence-electron chi connectivity index (χ4n) is 3.78. The van der Waals surface area contributed by atoms with E-state index in [9.17, 15) is 4.79 Å². The fraction of sp³-hybridized carbons (Fsp3) is 0.217. The number of nitrogens with one attached hydrogen (secondary N) is 1. The number of fused-ring (bicyclic) bond motifs is 1. The molecule has 3 aromatic heterocycles. The van der Waals surface area contributed by atoms with Gasteiger partial charge in [-0.05, 0) is 42.9 Å². The number of aromatic amines is 1. The molecule has 1 amide bonds. The number of benzene rings is 1. The second kappa shape index (κ2) is 8.83. The molecule has 1 N–H and O–H groups in total. The molecule has 0 aliphatic carbocycles. The molecule has 1 aliphatic rings. The minimum atomic E-state index is 0. The molecule has 1 fully saturated rings. The summed E-state index contributed by atoms with van der Waals surface area (Å²) >= 11 is 0. The van der Waals surface area contributed by atoms with E-state index in [-0.39, 0.29) is 18.3 Å². The summed E-state index contributed by atoms with van der Waals surface area (Å²) in [6, 6.07) is 13.5. The van der Waals surface area contributed by atoms with E-state index in [4.69, 9.17) is 0 Å². The number of piperazine rings is 1. The zero-order valence-electron chi connectivity index (χ0n) is 17.2. The van der Waals surface area contributed by atoms with Gasteiger partial charge in [-0.25, -0.2) is 9.97 Å². The maximum absolute atomic E-state index is 12.8. The van der Waals surface area contributed by atoms with Crippen molar-refractivity contribution in [3.8, 4) is 22.5 Å². The van der Waals surface area contributed by atoms with Crippen LogP contribution in [0.4, 0.5) is 0 Å². The molecule has 0 bridgehead atoms. The Kier molecular flexibility index (Phi) is 5.97.